The van der Waals surface area contributed by atoms with Crippen LogP contribution in [0.1, 0.15) is 16.8 Å². The molecule has 4 nitrogen and oxygen atoms in total. The number of carbonyl (C=O) groups is 1. The number of aliphatic imine (C=N–C) groups is 1. The summed E-state index contributed by atoms with van der Waals surface area (Å²) in [6.07, 6.45) is 3.84. The van der Waals surface area contributed by atoms with Gasteiger partial charge in [0.1, 0.15) is 5.03 Å². The van der Waals surface area contributed by atoms with E-state index in [1.165, 1.54) is 11.8 Å². The molecule has 1 aliphatic heterocycles. The first-order valence-corrected chi connectivity index (χ1v) is 7.09. The molecule has 5 heteroatoms. The summed E-state index contributed by atoms with van der Waals surface area (Å²) in [5, 5.41) is 0.700. The maximum atomic E-state index is 11.9. The molecule has 0 unspecified atom stereocenters. The predicted octanol–water partition coefficient (Wildman–Crippen LogP) is 3.15. The highest BCUT2D eigenvalue weighted by atomic mass is 32.2. The fourth-order valence-corrected chi connectivity index (χ4v) is 2.53. The van der Waals surface area contributed by atoms with Crippen LogP contribution in [0, 0.1) is 0 Å². The monoisotopic (exact) mass is 269 g/mol. The van der Waals surface area contributed by atoms with Gasteiger partial charge < -0.3 is 0 Å². The van der Waals surface area contributed by atoms with E-state index in [0.717, 1.165) is 5.56 Å². The highest BCUT2D eigenvalue weighted by molar-refractivity contribution is 7.98. The first-order chi connectivity index (χ1) is 9.29. The average Bonchev–Trinajstić information content (AvgIpc) is 2.47. The van der Waals surface area contributed by atoms with Gasteiger partial charge in [0.2, 0.25) is 0 Å². The van der Waals surface area contributed by atoms with Gasteiger partial charge in [-0.3, -0.25) is 4.79 Å². The zero-order chi connectivity index (χ0) is 13.2. The molecule has 0 saturated heterocycles. The summed E-state index contributed by atoms with van der Waals surface area (Å²) in [6.45, 7) is 0. The quantitative estimate of drug-likeness (QED) is 0.620. The zero-order valence-corrected chi connectivity index (χ0v) is 11.1. The molecule has 1 aliphatic rings. The van der Waals surface area contributed by atoms with Gasteiger partial charge in [-0.05, 0) is 6.26 Å². The lowest BCUT2D eigenvalue weighted by molar-refractivity contribution is 0.0997. The molecule has 19 heavy (non-hydrogen) atoms. The summed E-state index contributed by atoms with van der Waals surface area (Å²) >= 11 is 1.45. The van der Waals surface area contributed by atoms with Crippen molar-refractivity contribution in [2.75, 3.05) is 6.26 Å². The SMILES string of the molecule is CSc1nc(-c2ccccc2)nc2c1C(=O)CC=N2. The second-order valence-electron chi connectivity index (χ2n) is 4.06. The van der Waals surface area contributed by atoms with Gasteiger partial charge in [0.05, 0.1) is 5.56 Å². The summed E-state index contributed by atoms with van der Waals surface area (Å²) < 4.78 is 0. The second kappa shape index (κ2) is 4.93. The van der Waals surface area contributed by atoms with Gasteiger partial charge in [-0.25, -0.2) is 15.0 Å². The third-order valence-corrected chi connectivity index (χ3v) is 3.53. The summed E-state index contributed by atoms with van der Waals surface area (Å²) in [4.78, 5) is 25.0. The number of nitrogens with zero attached hydrogens (tertiary/aromatic N) is 3. The van der Waals surface area contributed by atoms with Crippen LogP contribution < -0.4 is 0 Å². The molecular weight excluding hydrogens is 258 g/mol. The maximum Gasteiger partial charge on any atom is 0.174 e. The summed E-state index contributed by atoms with van der Waals surface area (Å²) in [7, 11) is 0. The van der Waals surface area contributed by atoms with E-state index in [-0.39, 0.29) is 5.78 Å². The minimum atomic E-state index is 0.0361. The number of ketones is 1. The van der Waals surface area contributed by atoms with Crippen LogP contribution in [0.25, 0.3) is 11.4 Å². The Kier molecular flexibility index (Phi) is 3.13. The van der Waals surface area contributed by atoms with Crippen LogP contribution in [0.4, 0.5) is 5.82 Å². The summed E-state index contributed by atoms with van der Waals surface area (Å²) in [5.74, 6) is 1.12. The lowest BCUT2D eigenvalue weighted by Gasteiger charge is -2.12. The van der Waals surface area contributed by atoms with E-state index < -0.39 is 0 Å². The molecule has 2 heterocycles. The average molecular weight is 269 g/mol. The molecule has 0 fully saturated rings. The Labute approximate surface area is 115 Å². The van der Waals surface area contributed by atoms with Crippen molar-refractivity contribution in [1.29, 1.82) is 0 Å². The Hall–Kier alpha value is -2.01. The van der Waals surface area contributed by atoms with Crippen molar-refractivity contribution in [2.45, 2.75) is 11.4 Å². The highest BCUT2D eigenvalue weighted by Crippen LogP contribution is 2.31. The van der Waals surface area contributed by atoms with Gasteiger partial charge in [-0.2, -0.15) is 0 Å². The lowest BCUT2D eigenvalue weighted by atomic mass is 10.1. The molecule has 0 saturated carbocycles. The van der Waals surface area contributed by atoms with Crippen molar-refractivity contribution < 1.29 is 4.79 Å². The number of aromatic nitrogens is 2. The van der Waals surface area contributed by atoms with E-state index in [4.69, 9.17) is 0 Å². The highest BCUT2D eigenvalue weighted by Gasteiger charge is 2.22. The van der Waals surface area contributed by atoms with Crippen LogP contribution in [0.2, 0.25) is 0 Å². The Balaban J connectivity index is 2.21. The molecule has 2 aromatic rings. The van der Waals surface area contributed by atoms with E-state index in [0.29, 0.717) is 28.7 Å². The number of rotatable bonds is 2. The van der Waals surface area contributed by atoms with E-state index in [1.54, 1.807) is 6.21 Å². The molecular formula is C14H11N3OS. The van der Waals surface area contributed by atoms with Gasteiger partial charge in [0, 0.05) is 18.2 Å². The molecule has 94 valence electrons. The normalized spacial score (nSPS) is 13.4. The predicted molar refractivity (Wildman–Crippen MR) is 76.3 cm³/mol. The minimum absolute atomic E-state index is 0.0361. The summed E-state index contributed by atoms with van der Waals surface area (Å²) in [5.41, 5.74) is 1.48. The van der Waals surface area contributed by atoms with Gasteiger partial charge in [-0.15, -0.1) is 11.8 Å². The Morgan fingerprint density at radius 1 is 1.16 bits per heavy atom. The number of thioether (sulfide) groups is 1. The van der Waals surface area contributed by atoms with Gasteiger partial charge in [-0.1, -0.05) is 30.3 Å². The number of carbonyl (C=O) groups excluding carboxylic acids is 1. The molecule has 1 aromatic heterocycles. The van der Waals surface area contributed by atoms with Crippen molar-refractivity contribution in [2.24, 2.45) is 4.99 Å². The Bertz CT molecular complexity index is 668. The van der Waals surface area contributed by atoms with Crippen molar-refractivity contribution in [3.8, 4) is 11.4 Å². The first kappa shape index (κ1) is 12.0. The van der Waals surface area contributed by atoms with Crippen LogP contribution in [0.15, 0.2) is 40.4 Å². The van der Waals surface area contributed by atoms with Gasteiger partial charge in [0.15, 0.2) is 17.4 Å². The standard InChI is InChI=1S/C14H11N3OS/c1-19-14-11-10(18)7-8-15-13(11)16-12(17-14)9-5-3-2-4-6-9/h2-6,8H,7H2,1H3. The summed E-state index contributed by atoms with van der Waals surface area (Å²) in [6, 6.07) is 9.70. The van der Waals surface area contributed by atoms with Crippen molar-refractivity contribution in [3.63, 3.8) is 0 Å². The molecule has 0 amide bonds. The maximum absolute atomic E-state index is 11.9. The van der Waals surface area contributed by atoms with Crippen LogP contribution >= 0.6 is 11.8 Å². The van der Waals surface area contributed by atoms with E-state index >= 15 is 0 Å². The molecule has 0 bridgehead atoms. The molecule has 1 aromatic carbocycles. The number of hydrogen-bond donors (Lipinski definition) is 0. The van der Waals surface area contributed by atoms with Crippen molar-refractivity contribution >= 4 is 29.6 Å². The van der Waals surface area contributed by atoms with Gasteiger partial charge >= 0.3 is 0 Å². The largest absolute Gasteiger partial charge is 0.294 e. The third-order valence-electron chi connectivity index (χ3n) is 2.85. The number of Topliss-reactive ketones (excluding diaryl/α,β-unsaturated/α-hetero) is 1. The van der Waals surface area contributed by atoms with Crippen molar-refractivity contribution in [1.82, 2.24) is 9.97 Å². The van der Waals surface area contributed by atoms with Crippen LogP contribution in [-0.2, 0) is 0 Å². The minimum Gasteiger partial charge on any atom is -0.294 e. The zero-order valence-electron chi connectivity index (χ0n) is 10.3. The first-order valence-electron chi connectivity index (χ1n) is 5.87. The third kappa shape index (κ3) is 2.17. The van der Waals surface area contributed by atoms with Crippen LogP contribution in [-0.4, -0.2) is 28.2 Å². The van der Waals surface area contributed by atoms with E-state index in [9.17, 15) is 4.79 Å². The lowest BCUT2D eigenvalue weighted by Crippen LogP contribution is -2.10. The second-order valence-corrected chi connectivity index (χ2v) is 4.86. The smallest absolute Gasteiger partial charge is 0.174 e. The number of benzene rings is 1. The van der Waals surface area contributed by atoms with E-state index in [2.05, 4.69) is 15.0 Å². The topological polar surface area (TPSA) is 55.2 Å². The van der Waals surface area contributed by atoms with Crippen LogP contribution in [0.3, 0.4) is 0 Å². The van der Waals surface area contributed by atoms with Crippen molar-refractivity contribution in [3.05, 3.63) is 35.9 Å². The molecule has 0 spiro atoms. The Morgan fingerprint density at radius 3 is 2.68 bits per heavy atom. The van der Waals surface area contributed by atoms with Gasteiger partial charge in [0.25, 0.3) is 0 Å². The number of hydrogen-bond acceptors (Lipinski definition) is 5. The molecule has 0 aliphatic carbocycles. The molecule has 0 radical (unpaired) electrons. The Morgan fingerprint density at radius 2 is 1.95 bits per heavy atom. The molecule has 0 atom stereocenters. The fourth-order valence-electron chi connectivity index (χ4n) is 1.95. The fraction of sp³-hybridized carbons (Fsp3) is 0.143. The number of fused-ring (bicyclic) bond motifs is 1. The molecule has 0 N–H and O–H groups in total. The van der Waals surface area contributed by atoms with E-state index in [1.807, 2.05) is 36.6 Å². The van der Waals surface area contributed by atoms with Crippen LogP contribution in [0.5, 0.6) is 0 Å². The molecule has 3 rings (SSSR count).